The van der Waals surface area contributed by atoms with Crippen molar-refractivity contribution in [2.24, 2.45) is 0 Å². The van der Waals surface area contributed by atoms with Crippen LogP contribution in [0.25, 0.3) is 0 Å². The highest BCUT2D eigenvalue weighted by atomic mass is 15.5. The van der Waals surface area contributed by atoms with Crippen molar-refractivity contribution in [3.05, 3.63) is 5.82 Å². The summed E-state index contributed by atoms with van der Waals surface area (Å²) in [5.74, 6) is 1.35. The maximum atomic E-state index is 4.03. The van der Waals surface area contributed by atoms with Gasteiger partial charge in [-0.3, -0.25) is 0 Å². The standard InChI is InChI=1S/C8H15N5/c1-2-13-5-3-4-7(6-13)8-9-11-12-10-8/h7H,2-6H2,1H3,(H,9,10,11,12). The summed E-state index contributed by atoms with van der Waals surface area (Å²) in [4.78, 5) is 2.44. The molecule has 0 aromatic carbocycles. The van der Waals surface area contributed by atoms with Crippen LogP contribution in [0, 0.1) is 0 Å². The van der Waals surface area contributed by atoms with E-state index in [9.17, 15) is 0 Å². The van der Waals surface area contributed by atoms with E-state index in [-0.39, 0.29) is 0 Å². The van der Waals surface area contributed by atoms with E-state index in [2.05, 4.69) is 32.4 Å². The van der Waals surface area contributed by atoms with Gasteiger partial charge in [0.05, 0.1) is 0 Å². The van der Waals surface area contributed by atoms with Gasteiger partial charge >= 0.3 is 0 Å². The number of likely N-dealkylation sites (tertiary alicyclic amines) is 1. The lowest BCUT2D eigenvalue weighted by Gasteiger charge is -2.29. The Morgan fingerprint density at radius 3 is 3.23 bits per heavy atom. The summed E-state index contributed by atoms with van der Waals surface area (Å²) >= 11 is 0. The molecular formula is C8H15N5. The molecule has 1 aliphatic heterocycles. The summed E-state index contributed by atoms with van der Waals surface area (Å²) in [5, 5.41) is 14.2. The molecule has 13 heavy (non-hydrogen) atoms. The van der Waals surface area contributed by atoms with Crippen LogP contribution in [-0.2, 0) is 0 Å². The van der Waals surface area contributed by atoms with Gasteiger partial charge in [0, 0.05) is 12.5 Å². The Hall–Kier alpha value is -0.970. The molecule has 1 saturated heterocycles. The molecule has 1 atom stereocenters. The van der Waals surface area contributed by atoms with E-state index in [0.717, 1.165) is 18.9 Å². The van der Waals surface area contributed by atoms with Crippen LogP contribution in [0.1, 0.15) is 31.5 Å². The molecule has 0 amide bonds. The number of nitrogens with one attached hydrogen (secondary N) is 1. The molecular weight excluding hydrogens is 166 g/mol. The first kappa shape index (κ1) is 8.62. The van der Waals surface area contributed by atoms with E-state index in [1.165, 1.54) is 19.4 Å². The van der Waals surface area contributed by atoms with E-state index >= 15 is 0 Å². The molecule has 5 heteroatoms. The highest BCUT2D eigenvalue weighted by Crippen LogP contribution is 2.22. The lowest BCUT2D eigenvalue weighted by molar-refractivity contribution is 0.214. The molecule has 72 valence electrons. The molecule has 2 heterocycles. The van der Waals surface area contributed by atoms with Crippen molar-refractivity contribution >= 4 is 0 Å². The number of piperidine rings is 1. The maximum absolute atomic E-state index is 4.03. The van der Waals surface area contributed by atoms with E-state index in [1.54, 1.807) is 0 Å². The number of hydrogen-bond donors (Lipinski definition) is 1. The van der Waals surface area contributed by atoms with Crippen LogP contribution in [0.2, 0.25) is 0 Å². The molecule has 1 aliphatic rings. The van der Waals surface area contributed by atoms with Crippen molar-refractivity contribution in [2.75, 3.05) is 19.6 Å². The Kier molecular flexibility index (Phi) is 2.54. The Labute approximate surface area is 77.5 Å². The highest BCUT2D eigenvalue weighted by molar-refractivity contribution is 4.94. The third-order valence-corrected chi connectivity index (χ3v) is 2.68. The van der Waals surface area contributed by atoms with Crippen LogP contribution < -0.4 is 0 Å². The van der Waals surface area contributed by atoms with E-state index in [0.29, 0.717) is 5.92 Å². The normalized spacial score (nSPS) is 24.8. The van der Waals surface area contributed by atoms with E-state index in [4.69, 9.17) is 0 Å². The number of tetrazole rings is 1. The monoisotopic (exact) mass is 181 g/mol. The molecule has 2 rings (SSSR count). The number of nitrogens with zero attached hydrogens (tertiary/aromatic N) is 4. The SMILES string of the molecule is CCN1CCCC(c2nn[nH]n2)C1. The molecule has 1 aromatic rings. The van der Waals surface area contributed by atoms with Gasteiger partial charge in [-0.1, -0.05) is 12.1 Å². The Balaban J connectivity index is 2.00. The van der Waals surface area contributed by atoms with Gasteiger partial charge in [-0.2, -0.15) is 5.21 Å². The van der Waals surface area contributed by atoms with Gasteiger partial charge in [-0.25, -0.2) is 0 Å². The molecule has 0 radical (unpaired) electrons. The van der Waals surface area contributed by atoms with Gasteiger partial charge in [0.1, 0.15) is 0 Å². The Morgan fingerprint density at radius 2 is 2.54 bits per heavy atom. The summed E-state index contributed by atoms with van der Waals surface area (Å²) in [7, 11) is 0. The minimum Gasteiger partial charge on any atom is -0.303 e. The van der Waals surface area contributed by atoms with Crippen molar-refractivity contribution in [3.63, 3.8) is 0 Å². The lowest BCUT2D eigenvalue weighted by Crippen LogP contribution is -2.34. The lowest BCUT2D eigenvalue weighted by atomic mass is 9.97. The van der Waals surface area contributed by atoms with Gasteiger partial charge < -0.3 is 4.90 Å². The number of aromatic nitrogens is 4. The van der Waals surface area contributed by atoms with Crippen molar-refractivity contribution in [2.45, 2.75) is 25.7 Å². The largest absolute Gasteiger partial charge is 0.303 e. The fourth-order valence-electron chi connectivity index (χ4n) is 1.90. The molecule has 1 fully saturated rings. The first-order valence-electron chi connectivity index (χ1n) is 4.86. The minimum absolute atomic E-state index is 0.479. The fourth-order valence-corrected chi connectivity index (χ4v) is 1.90. The van der Waals surface area contributed by atoms with Crippen LogP contribution in [0.4, 0.5) is 0 Å². The highest BCUT2D eigenvalue weighted by Gasteiger charge is 2.22. The molecule has 0 spiro atoms. The Bertz CT molecular complexity index is 245. The first-order valence-corrected chi connectivity index (χ1v) is 4.86. The summed E-state index contributed by atoms with van der Waals surface area (Å²) in [6.07, 6.45) is 2.43. The number of likely N-dealkylation sites (N-methyl/N-ethyl adjacent to an activating group) is 1. The second kappa shape index (κ2) is 3.83. The van der Waals surface area contributed by atoms with Gasteiger partial charge in [-0.15, -0.1) is 10.2 Å². The average Bonchev–Trinajstić information content (AvgIpc) is 2.71. The Morgan fingerprint density at radius 1 is 1.62 bits per heavy atom. The van der Waals surface area contributed by atoms with Crippen LogP contribution in [-0.4, -0.2) is 45.2 Å². The molecule has 0 bridgehead atoms. The summed E-state index contributed by atoms with van der Waals surface area (Å²) in [6.45, 7) is 5.61. The van der Waals surface area contributed by atoms with Crippen LogP contribution in [0.15, 0.2) is 0 Å². The molecule has 0 saturated carbocycles. The average molecular weight is 181 g/mol. The van der Waals surface area contributed by atoms with Crippen LogP contribution in [0.3, 0.4) is 0 Å². The fraction of sp³-hybridized carbons (Fsp3) is 0.875. The summed E-state index contributed by atoms with van der Waals surface area (Å²) in [5.41, 5.74) is 0. The number of H-pyrrole nitrogens is 1. The predicted octanol–water partition coefficient (Wildman–Crippen LogP) is 0.399. The summed E-state index contributed by atoms with van der Waals surface area (Å²) < 4.78 is 0. The van der Waals surface area contributed by atoms with E-state index in [1.807, 2.05) is 0 Å². The quantitative estimate of drug-likeness (QED) is 0.717. The van der Waals surface area contributed by atoms with Crippen molar-refractivity contribution in [3.8, 4) is 0 Å². The van der Waals surface area contributed by atoms with Gasteiger partial charge in [-0.05, 0) is 25.9 Å². The van der Waals surface area contributed by atoms with Gasteiger partial charge in [0.2, 0.25) is 0 Å². The first-order chi connectivity index (χ1) is 6.40. The van der Waals surface area contributed by atoms with Crippen molar-refractivity contribution < 1.29 is 0 Å². The molecule has 1 unspecified atom stereocenters. The van der Waals surface area contributed by atoms with Crippen LogP contribution >= 0.6 is 0 Å². The zero-order valence-corrected chi connectivity index (χ0v) is 7.90. The van der Waals surface area contributed by atoms with Gasteiger partial charge in [0.25, 0.3) is 0 Å². The van der Waals surface area contributed by atoms with Crippen molar-refractivity contribution in [1.29, 1.82) is 0 Å². The minimum atomic E-state index is 0.479. The molecule has 5 nitrogen and oxygen atoms in total. The van der Waals surface area contributed by atoms with E-state index < -0.39 is 0 Å². The third-order valence-electron chi connectivity index (χ3n) is 2.68. The zero-order valence-electron chi connectivity index (χ0n) is 7.90. The van der Waals surface area contributed by atoms with Gasteiger partial charge in [0.15, 0.2) is 5.82 Å². The topological polar surface area (TPSA) is 57.7 Å². The molecule has 1 N–H and O–H groups in total. The summed E-state index contributed by atoms with van der Waals surface area (Å²) in [6, 6.07) is 0. The van der Waals surface area contributed by atoms with Crippen molar-refractivity contribution in [1.82, 2.24) is 25.5 Å². The van der Waals surface area contributed by atoms with Crippen LogP contribution in [0.5, 0.6) is 0 Å². The number of hydrogen-bond acceptors (Lipinski definition) is 4. The second-order valence-electron chi connectivity index (χ2n) is 3.50. The predicted molar refractivity (Wildman–Crippen MR) is 48.3 cm³/mol. The molecule has 0 aliphatic carbocycles. The number of rotatable bonds is 2. The third kappa shape index (κ3) is 1.85. The smallest absolute Gasteiger partial charge is 0.178 e. The zero-order chi connectivity index (χ0) is 9.10. The molecule has 1 aromatic heterocycles. The maximum Gasteiger partial charge on any atom is 0.178 e. The second-order valence-corrected chi connectivity index (χ2v) is 3.50. The number of aromatic amines is 1.